The average molecular weight is 280 g/mol. The van der Waals surface area contributed by atoms with E-state index in [-0.39, 0.29) is 6.03 Å². The molecule has 0 atom stereocenters. The number of rotatable bonds is 2. The molecular weight excluding hydrogens is 262 g/mol. The van der Waals surface area contributed by atoms with Crippen molar-refractivity contribution in [1.82, 2.24) is 10.2 Å². The van der Waals surface area contributed by atoms with Gasteiger partial charge >= 0.3 is 6.03 Å². The molecule has 2 amide bonds. The zero-order valence-electron chi connectivity index (χ0n) is 10.8. The van der Waals surface area contributed by atoms with Crippen LogP contribution in [0.1, 0.15) is 12.8 Å². The van der Waals surface area contributed by atoms with Gasteiger partial charge < -0.3 is 15.1 Å². The van der Waals surface area contributed by atoms with Crippen LogP contribution < -0.4 is 10.2 Å². The van der Waals surface area contributed by atoms with Gasteiger partial charge in [-0.3, -0.25) is 0 Å². The fraction of sp³-hybridized carbons (Fsp3) is 0.500. The van der Waals surface area contributed by atoms with E-state index in [2.05, 4.69) is 16.3 Å². The van der Waals surface area contributed by atoms with Crippen molar-refractivity contribution in [3.8, 4) is 0 Å². The number of nitrogens with zero attached hydrogens (tertiary/aromatic N) is 2. The summed E-state index contributed by atoms with van der Waals surface area (Å²) in [5, 5.41) is 3.79. The van der Waals surface area contributed by atoms with Gasteiger partial charge in [0.1, 0.15) is 0 Å². The molecule has 2 aliphatic rings. The molecule has 102 valence electrons. The summed E-state index contributed by atoms with van der Waals surface area (Å²) in [6.45, 7) is 3.26. The molecule has 4 nitrogen and oxygen atoms in total. The van der Waals surface area contributed by atoms with Gasteiger partial charge in [0.25, 0.3) is 0 Å². The highest BCUT2D eigenvalue weighted by molar-refractivity contribution is 6.30. The van der Waals surface area contributed by atoms with E-state index >= 15 is 0 Å². The lowest BCUT2D eigenvalue weighted by atomic mass is 10.2. The maximum atomic E-state index is 11.9. The van der Waals surface area contributed by atoms with Crippen molar-refractivity contribution in [3.63, 3.8) is 0 Å². The quantitative estimate of drug-likeness (QED) is 0.902. The van der Waals surface area contributed by atoms with Crippen molar-refractivity contribution in [2.45, 2.75) is 18.9 Å². The Labute approximate surface area is 118 Å². The summed E-state index contributed by atoms with van der Waals surface area (Å²) < 4.78 is 0. The van der Waals surface area contributed by atoms with Crippen LogP contribution in [0.25, 0.3) is 0 Å². The standard InChI is InChI=1S/C14H18ClN3O/c15-11-2-1-3-13(10-11)17-6-8-18(9-7-17)14(19)16-12-4-5-12/h1-3,10,12H,4-9H2,(H,16,19). The predicted molar refractivity (Wildman–Crippen MR) is 76.8 cm³/mol. The highest BCUT2D eigenvalue weighted by Crippen LogP contribution is 2.22. The second kappa shape index (κ2) is 5.29. The third-order valence-corrected chi connectivity index (χ3v) is 3.88. The van der Waals surface area contributed by atoms with Gasteiger partial charge in [-0.25, -0.2) is 4.79 Å². The van der Waals surface area contributed by atoms with Crippen LogP contribution in [0, 0.1) is 0 Å². The molecule has 1 aromatic rings. The third-order valence-electron chi connectivity index (χ3n) is 3.65. The summed E-state index contributed by atoms with van der Waals surface area (Å²) in [5.41, 5.74) is 1.13. The molecule has 1 saturated carbocycles. The van der Waals surface area contributed by atoms with Crippen molar-refractivity contribution >= 4 is 23.3 Å². The van der Waals surface area contributed by atoms with Crippen molar-refractivity contribution in [3.05, 3.63) is 29.3 Å². The number of carbonyl (C=O) groups is 1. The molecule has 0 aromatic heterocycles. The molecule has 19 heavy (non-hydrogen) atoms. The lowest BCUT2D eigenvalue weighted by Gasteiger charge is -2.36. The summed E-state index contributed by atoms with van der Waals surface area (Å²) in [4.78, 5) is 16.1. The van der Waals surface area contributed by atoms with Crippen LogP contribution in [0.4, 0.5) is 10.5 Å². The second-order valence-corrected chi connectivity index (χ2v) is 5.61. The summed E-state index contributed by atoms with van der Waals surface area (Å²) in [6, 6.07) is 8.40. The highest BCUT2D eigenvalue weighted by atomic mass is 35.5. The van der Waals surface area contributed by atoms with Crippen LogP contribution in [-0.4, -0.2) is 43.2 Å². The lowest BCUT2D eigenvalue weighted by molar-refractivity contribution is 0.194. The Morgan fingerprint density at radius 1 is 1.21 bits per heavy atom. The zero-order valence-corrected chi connectivity index (χ0v) is 11.6. The number of piperazine rings is 1. The van der Waals surface area contributed by atoms with Crippen molar-refractivity contribution in [1.29, 1.82) is 0 Å². The number of anilines is 1. The molecular formula is C14H18ClN3O. The molecule has 0 unspecified atom stereocenters. The molecule has 0 spiro atoms. The monoisotopic (exact) mass is 279 g/mol. The summed E-state index contributed by atoms with van der Waals surface area (Å²) in [5.74, 6) is 0. The first-order valence-electron chi connectivity index (χ1n) is 6.78. The average Bonchev–Trinajstić information content (AvgIpc) is 3.23. The van der Waals surface area contributed by atoms with Crippen molar-refractivity contribution < 1.29 is 4.79 Å². The number of hydrogen-bond donors (Lipinski definition) is 1. The Kier molecular flexibility index (Phi) is 3.51. The molecule has 5 heteroatoms. The third kappa shape index (κ3) is 3.13. The summed E-state index contributed by atoms with van der Waals surface area (Å²) in [7, 11) is 0. The first kappa shape index (κ1) is 12.6. The summed E-state index contributed by atoms with van der Waals surface area (Å²) in [6.07, 6.45) is 2.27. The topological polar surface area (TPSA) is 35.6 Å². The fourth-order valence-corrected chi connectivity index (χ4v) is 2.52. The van der Waals surface area contributed by atoms with E-state index in [0.717, 1.165) is 49.7 Å². The van der Waals surface area contributed by atoms with Gasteiger partial charge in [-0.2, -0.15) is 0 Å². The minimum atomic E-state index is 0.0910. The molecule has 0 radical (unpaired) electrons. The molecule has 1 N–H and O–H groups in total. The molecule has 0 bridgehead atoms. The number of halogens is 1. The number of nitrogens with one attached hydrogen (secondary N) is 1. The Morgan fingerprint density at radius 2 is 1.95 bits per heavy atom. The van der Waals surface area contributed by atoms with Crippen LogP contribution in [0.2, 0.25) is 5.02 Å². The Hall–Kier alpha value is -1.42. The second-order valence-electron chi connectivity index (χ2n) is 5.18. The normalized spacial score (nSPS) is 19.4. The minimum absolute atomic E-state index is 0.0910. The number of benzene rings is 1. The van der Waals surface area contributed by atoms with Crippen LogP contribution >= 0.6 is 11.6 Å². The van der Waals surface area contributed by atoms with Gasteiger partial charge in [-0.15, -0.1) is 0 Å². The molecule has 1 aliphatic heterocycles. The van der Waals surface area contributed by atoms with Crippen molar-refractivity contribution in [2.75, 3.05) is 31.1 Å². The maximum absolute atomic E-state index is 11.9. The van der Waals surface area contributed by atoms with E-state index in [4.69, 9.17) is 11.6 Å². The van der Waals surface area contributed by atoms with Gasteiger partial charge in [0.05, 0.1) is 0 Å². The van der Waals surface area contributed by atoms with E-state index in [1.807, 2.05) is 23.1 Å². The zero-order chi connectivity index (χ0) is 13.2. The molecule has 2 fully saturated rings. The largest absolute Gasteiger partial charge is 0.368 e. The van der Waals surface area contributed by atoms with Gasteiger partial charge in [-0.05, 0) is 31.0 Å². The number of hydrogen-bond acceptors (Lipinski definition) is 2. The SMILES string of the molecule is O=C(NC1CC1)N1CCN(c2cccc(Cl)c2)CC1. The van der Waals surface area contributed by atoms with Crippen LogP contribution in [0.5, 0.6) is 0 Å². The van der Waals surface area contributed by atoms with Crippen LogP contribution in [-0.2, 0) is 0 Å². The first-order valence-corrected chi connectivity index (χ1v) is 7.16. The van der Waals surface area contributed by atoms with E-state index in [9.17, 15) is 4.79 Å². The van der Waals surface area contributed by atoms with E-state index < -0.39 is 0 Å². The van der Waals surface area contributed by atoms with Crippen molar-refractivity contribution in [2.24, 2.45) is 0 Å². The maximum Gasteiger partial charge on any atom is 0.317 e. The fourth-order valence-electron chi connectivity index (χ4n) is 2.33. The molecule has 1 aliphatic carbocycles. The highest BCUT2D eigenvalue weighted by Gasteiger charge is 2.27. The minimum Gasteiger partial charge on any atom is -0.368 e. The van der Waals surface area contributed by atoms with E-state index in [0.29, 0.717) is 6.04 Å². The van der Waals surface area contributed by atoms with Gasteiger partial charge in [-0.1, -0.05) is 17.7 Å². The van der Waals surface area contributed by atoms with Crippen LogP contribution in [0.15, 0.2) is 24.3 Å². The Balaban J connectivity index is 1.55. The number of urea groups is 1. The van der Waals surface area contributed by atoms with E-state index in [1.165, 1.54) is 0 Å². The van der Waals surface area contributed by atoms with Gasteiger partial charge in [0.15, 0.2) is 0 Å². The molecule has 1 saturated heterocycles. The number of carbonyl (C=O) groups excluding carboxylic acids is 1. The number of amides is 2. The Morgan fingerprint density at radius 3 is 2.58 bits per heavy atom. The smallest absolute Gasteiger partial charge is 0.317 e. The lowest BCUT2D eigenvalue weighted by Crippen LogP contribution is -2.52. The van der Waals surface area contributed by atoms with Gasteiger partial charge in [0, 0.05) is 42.9 Å². The predicted octanol–water partition coefficient (Wildman–Crippen LogP) is 2.33. The molecule has 3 rings (SSSR count). The Bertz CT molecular complexity index is 468. The molecule has 1 heterocycles. The summed E-state index contributed by atoms with van der Waals surface area (Å²) >= 11 is 6.01. The van der Waals surface area contributed by atoms with Gasteiger partial charge in [0.2, 0.25) is 0 Å². The first-order chi connectivity index (χ1) is 9.22. The molecule has 1 aromatic carbocycles. The van der Waals surface area contributed by atoms with Crippen LogP contribution in [0.3, 0.4) is 0 Å². The van der Waals surface area contributed by atoms with E-state index in [1.54, 1.807) is 0 Å².